The molecule has 1 nitrogen and oxygen atoms in total. The molecule has 5 aromatic rings. The summed E-state index contributed by atoms with van der Waals surface area (Å²) in [7, 11) is 0. The quantitative estimate of drug-likeness (QED) is 0.189. The Labute approximate surface area is 293 Å². The molecule has 4 fully saturated rings. The Morgan fingerprint density at radius 1 is 0.449 bits per heavy atom. The largest absolute Gasteiger partial charge is 0.310 e. The van der Waals surface area contributed by atoms with Crippen LogP contribution in [0.15, 0.2) is 115 Å². The van der Waals surface area contributed by atoms with Gasteiger partial charge in [-0.2, -0.15) is 0 Å². The summed E-state index contributed by atoms with van der Waals surface area (Å²) in [5.41, 5.74) is 16.1. The predicted molar refractivity (Wildman–Crippen MR) is 205 cm³/mol. The predicted octanol–water partition coefficient (Wildman–Crippen LogP) is 12.9. The third kappa shape index (κ3) is 4.30. The minimum atomic E-state index is 0.147. The Hall–Kier alpha value is -4.10. The van der Waals surface area contributed by atoms with Crippen LogP contribution in [0.25, 0.3) is 22.3 Å². The normalized spacial score (nSPS) is 27.8. The summed E-state index contributed by atoms with van der Waals surface area (Å²) in [6.07, 6.45) is 9.56. The van der Waals surface area contributed by atoms with Crippen LogP contribution in [0.2, 0.25) is 0 Å². The van der Waals surface area contributed by atoms with Crippen molar-refractivity contribution < 1.29 is 0 Å². The number of nitrogens with zero attached hydrogens (tertiary/aromatic N) is 1. The molecule has 0 amide bonds. The van der Waals surface area contributed by atoms with E-state index in [1.165, 1.54) is 95.4 Å². The average molecular weight is 640 g/mol. The van der Waals surface area contributed by atoms with Crippen LogP contribution in [0, 0.1) is 23.7 Å². The Kier molecular flexibility index (Phi) is 6.36. The molecule has 11 rings (SSSR count). The van der Waals surface area contributed by atoms with Gasteiger partial charge >= 0.3 is 0 Å². The zero-order valence-electron chi connectivity index (χ0n) is 29.7. The lowest BCUT2D eigenvalue weighted by Gasteiger charge is -2.61. The topological polar surface area (TPSA) is 3.24 Å². The molecule has 49 heavy (non-hydrogen) atoms. The molecule has 0 radical (unpaired) electrons. The molecule has 5 aromatic carbocycles. The van der Waals surface area contributed by atoms with Crippen LogP contribution in [0.3, 0.4) is 0 Å². The minimum absolute atomic E-state index is 0.147. The van der Waals surface area contributed by atoms with E-state index in [2.05, 4.69) is 148 Å². The van der Waals surface area contributed by atoms with Gasteiger partial charge < -0.3 is 4.90 Å². The van der Waals surface area contributed by atoms with E-state index in [-0.39, 0.29) is 16.2 Å². The van der Waals surface area contributed by atoms with Crippen molar-refractivity contribution in [2.75, 3.05) is 4.90 Å². The minimum Gasteiger partial charge on any atom is -0.310 e. The molecule has 6 aliphatic carbocycles. The van der Waals surface area contributed by atoms with Crippen molar-refractivity contribution >= 4 is 17.1 Å². The van der Waals surface area contributed by atoms with Gasteiger partial charge in [0.15, 0.2) is 0 Å². The standard InChI is InChI=1S/C48H49N/c1-46(2)22-23-47(3,4)45-30-39(19-21-43(45)46)49(37-16-14-34(15-17-37)33-10-6-5-7-11-33)38-18-20-41-40-12-8-9-13-42(40)48(44(41)29-38)35-25-31-24-32(27-35)28-36(48)26-31/h5-21,29-32,35-36H,22-28H2,1-4H3. The number of fused-ring (bicyclic) bond motifs is 4. The lowest BCUT2D eigenvalue weighted by atomic mass is 9.43. The molecule has 0 N–H and O–H groups in total. The van der Waals surface area contributed by atoms with Crippen molar-refractivity contribution in [3.63, 3.8) is 0 Å². The number of hydrogen-bond acceptors (Lipinski definition) is 1. The van der Waals surface area contributed by atoms with Crippen LogP contribution in [-0.4, -0.2) is 0 Å². The van der Waals surface area contributed by atoms with E-state index in [4.69, 9.17) is 0 Å². The van der Waals surface area contributed by atoms with Crippen LogP contribution in [0.4, 0.5) is 17.1 Å². The number of benzene rings is 5. The van der Waals surface area contributed by atoms with Crippen molar-refractivity contribution in [1.29, 1.82) is 0 Å². The van der Waals surface area contributed by atoms with E-state index >= 15 is 0 Å². The number of hydrogen-bond donors (Lipinski definition) is 0. The van der Waals surface area contributed by atoms with Crippen molar-refractivity contribution in [1.82, 2.24) is 0 Å². The summed E-state index contributed by atoms with van der Waals surface area (Å²) < 4.78 is 0. The van der Waals surface area contributed by atoms with Gasteiger partial charge in [-0.25, -0.2) is 0 Å². The highest BCUT2D eigenvalue weighted by Gasteiger charge is 2.61. The smallest absolute Gasteiger partial charge is 0.0465 e. The van der Waals surface area contributed by atoms with Gasteiger partial charge in [-0.05, 0) is 160 Å². The molecule has 1 heteroatoms. The molecule has 1 spiro atoms. The molecule has 0 unspecified atom stereocenters. The van der Waals surface area contributed by atoms with E-state index in [0.717, 1.165) is 23.7 Å². The molecular weight excluding hydrogens is 591 g/mol. The zero-order chi connectivity index (χ0) is 33.1. The van der Waals surface area contributed by atoms with Crippen LogP contribution in [-0.2, 0) is 16.2 Å². The number of anilines is 3. The molecule has 0 saturated heterocycles. The monoisotopic (exact) mass is 639 g/mol. The fourth-order valence-corrected chi connectivity index (χ4v) is 11.9. The average Bonchev–Trinajstić information content (AvgIpc) is 3.40. The highest BCUT2D eigenvalue weighted by molar-refractivity contribution is 5.87. The number of rotatable bonds is 4. The molecule has 0 atom stereocenters. The Morgan fingerprint density at radius 3 is 1.67 bits per heavy atom. The molecule has 0 aromatic heterocycles. The van der Waals surface area contributed by atoms with E-state index < -0.39 is 0 Å². The highest BCUT2D eigenvalue weighted by atomic mass is 15.1. The molecule has 246 valence electrons. The first kappa shape index (κ1) is 29.8. The second kappa shape index (κ2) is 10.5. The van der Waals surface area contributed by atoms with Gasteiger partial charge in [0.2, 0.25) is 0 Å². The summed E-state index contributed by atoms with van der Waals surface area (Å²) in [5.74, 6) is 3.39. The van der Waals surface area contributed by atoms with Gasteiger partial charge in [-0.1, -0.05) is 107 Å². The first-order valence-electron chi connectivity index (χ1n) is 19.1. The molecule has 0 aliphatic heterocycles. The third-order valence-electron chi connectivity index (χ3n) is 14.1. The van der Waals surface area contributed by atoms with Gasteiger partial charge in [0, 0.05) is 22.5 Å². The van der Waals surface area contributed by atoms with Crippen LogP contribution in [0.5, 0.6) is 0 Å². The summed E-state index contributed by atoms with van der Waals surface area (Å²) >= 11 is 0. The summed E-state index contributed by atoms with van der Waals surface area (Å²) in [6, 6.07) is 44.6. The lowest BCUT2D eigenvalue weighted by Crippen LogP contribution is -2.55. The van der Waals surface area contributed by atoms with E-state index in [1.54, 1.807) is 11.1 Å². The SMILES string of the molecule is CC1(C)CCC(C)(C)c2cc(N(c3ccc(-c4ccccc4)cc3)c3ccc4c(c3)C3(c5ccccc5-4)C4CC5CC(C4)CC3C5)ccc21. The second-order valence-corrected chi connectivity index (χ2v) is 17.7. The first-order valence-corrected chi connectivity index (χ1v) is 19.1. The Balaban J connectivity index is 1.17. The summed E-state index contributed by atoms with van der Waals surface area (Å²) in [4.78, 5) is 2.57. The van der Waals surface area contributed by atoms with Crippen molar-refractivity contribution in [2.24, 2.45) is 23.7 Å². The Morgan fingerprint density at radius 2 is 0.980 bits per heavy atom. The third-order valence-corrected chi connectivity index (χ3v) is 14.1. The lowest BCUT2D eigenvalue weighted by molar-refractivity contribution is -0.0399. The molecule has 6 aliphatic rings. The maximum absolute atomic E-state index is 2.65. The van der Waals surface area contributed by atoms with Crippen molar-refractivity contribution in [2.45, 2.75) is 88.9 Å². The maximum Gasteiger partial charge on any atom is 0.0465 e. The molecule has 4 saturated carbocycles. The van der Waals surface area contributed by atoms with Crippen molar-refractivity contribution in [3.05, 3.63) is 138 Å². The van der Waals surface area contributed by atoms with Gasteiger partial charge in [-0.3, -0.25) is 0 Å². The van der Waals surface area contributed by atoms with Crippen LogP contribution in [0.1, 0.15) is 94.9 Å². The highest BCUT2D eigenvalue weighted by Crippen LogP contribution is 2.69. The van der Waals surface area contributed by atoms with Crippen molar-refractivity contribution in [3.8, 4) is 22.3 Å². The van der Waals surface area contributed by atoms with Crippen LogP contribution >= 0.6 is 0 Å². The molecule has 0 heterocycles. The maximum atomic E-state index is 2.65. The van der Waals surface area contributed by atoms with E-state index in [0.29, 0.717) is 0 Å². The zero-order valence-corrected chi connectivity index (χ0v) is 29.7. The van der Waals surface area contributed by atoms with E-state index in [9.17, 15) is 0 Å². The van der Waals surface area contributed by atoms with Gasteiger partial charge in [0.05, 0.1) is 0 Å². The molecule has 4 bridgehead atoms. The summed E-state index contributed by atoms with van der Waals surface area (Å²) in [5, 5.41) is 0. The van der Waals surface area contributed by atoms with Gasteiger partial charge in [0.1, 0.15) is 0 Å². The Bertz CT molecular complexity index is 2050. The fourth-order valence-electron chi connectivity index (χ4n) is 11.9. The first-order chi connectivity index (χ1) is 23.7. The molecular formula is C48H49N. The summed E-state index contributed by atoms with van der Waals surface area (Å²) in [6.45, 7) is 9.77. The van der Waals surface area contributed by atoms with Crippen LogP contribution < -0.4 is 4.90 Å². The van der Waals surface area contributed by atoms with E-state index in [1.807, 2.05) is 0 Å². The fraction of sp³-hybridized carbons (Fsp3) is 0.375. The van der Waals surface area contributed by atoms with Gasteiger partial charge in [-0.15, -0.1) is 0 Å². The second-order valence-electron chi connectivity index (χ2n) is 17.7. The van der Waals surface area contributed by atoms with Gasteiger partial charge in [0.25, 0.3) is 0 Å².